The Morgan fingerprint density at radius 1 is 1.37 bits per heavy atom. The number of aromatic nitrogens is 3. The highest BCUT2D eigenvalue weighted by Crippen LogP contribution is 2.09. The van der Waals surface area contributed by atoms with Crippen molar-refractivity contribution in [1.29, 1.82) is 0 Å². The number of likely N-dealkylation sites (N-methyl/N-ethyl adjacent to an activating group) is 1. The summed E-state index contributed by atoms with van der Waals surface area (Å²) in [6.45, 7) is 6.27. The Labute approximate surface area is 115 Å². The van der Waals surface area contributed by atoms with E-state index in [0.717, 1.165) is 25.2 Å². The van der Waals surface area contributed by atoms with Crippen LogP contribution in [0.4, 0.5) is 0 Å². The van der Waals surface area contributed by atoms with Crippen LogP contribution in [-0.4, -0.2) is 32.5 Å². The van der Waals surface area contributed by atoms with Crippen LogP contribution in [0, 0.1) is 0 Å². The van der Waals surface area contributed by atoms with Crippen molar-refractivity contribution in [3.63, 3.8) is 0 Å². The Bertz CT molecular complexity index is 492. The zero-order valence-electron chi connectivity index (χ0n) is 12.0. The molecule has 4 heteroatoms. The lowest BCUT2D eigenvalue weighted by Gasteiger charge is -2.24. The summed E-state index contributed by atoms with van der Waals surface area (Å²) in [6, 6.07) is 6.54. The average molecular weight is 258 g/mol. The molecular formula is C15H22N4. The van der Waals surface area contributed by atoms with Gasteiger partial charge in [-0.25, -0.2) is 4.98 Å². The third kappa shape index (κ3) is 3.64. The second kappa shape index (κ2) is 6.48. The minimum absolute atomic E-state index is 0.454. The number of imidazole rings is 1. The second-order valence-electron chi connectivity index (χ2n) is 4.96. The van der Waals surface area contributed by atoms with Crippen LogP contribution in [-0.2, 0) is 19.5 Å². The molecule has 0 unspecified atom stereocenters. The molecule has 102 valence electrons. The summed E-state index contributed by atoms with van der Waals surface area (Å²) < 4.78 is 2.18. The van der Waals surface area contributed by atoms with E-state index in [-0.39, 0.29) is 0 Å². The van der Waals surface area contributed by atoms with Gasteiger partial charge >= 0.3 is 0 Å². The Morgan fingerprint density at radius 2 is 2.21 bits per heavy atom. The molecule has 0 aliphatic heterocycles. The number of aryl methyl sites for hydroxylation is 1. The van der Waals surface area contributed by atoms with Gasteiger partial charge in [0.2, 0.25) is 0 Å². The van der Waals surface area contributed by atoms with Crippen molar-refractivity contribution in [3.8, 4) is 0 Å². The van der Waals surface area contributed by atoms with Gasteiger partial charge in [-0.15, -0.1) is 0 Å². The third-order valence-corrected chi connectivity index (χ3v) is 3.53. The molecule has 0 aliphatic carbocycles. The monoisotopic (exact) mass is 258 g/mol. The second-order valence-corrected chi connectivity index (χ2v) is 4.96. The molecule has 0 aromatic carbocycles. The van der Waals surface area contributed by atoms with Gasteiger partial charge in [-0.05, 0) is 33.0 Å². The van der Waals surface area contributed by atoms with Crippen LogP contribution >= 0.6 is 0 Å². The van der Waals surface area contributed by atoms with Crippen LogP contribution in [0.5, 0.6) is 0 Å². The highest BCUT2D eigenvalue weighted by molar-refractivity contribution is 5.05. The first-order valence-corrected chi connectivity index (χ1v) is 6.80. The van der Waals surface area contributed by atoms with Crippen molar-refractivity contribution in [2.75, 3.05) is 7.05 Å². The van der Waals surface area contributed by atoms with Crippen LogP contribution in [0.2, 0.25) is 0 Å². The highest BCUT2D eigenvalue weighted by Gasteiger charge is 2.12. The third-order valence-electron chi connectivity index (χ3n) is 3.53. The molecule has 4 nitrogen and oxygen atoms in total. The van der Waals surface area contributed by atoms with E-state index in [1.807, 2.05) is 30.9 Å². The quantitative estimate of drug-likeness (QED) is 0.797. The molecule has 2 heterocycles. The van der Waals surface area contributed by atoms with Gasteiger partial charge in [0.1, 0.15) is 0 Å². The molecule has 0 N–H and O–H groups in total. The molecule has 0 amide bonds. The standard InChI is InChI=1S/C15H22N4/c1-4-19-12-16-10-15(19)11-18(3)13(2)9-14-7-5-6-8-17-14/h5-8,10,12-13H,4,9,11H2,1-3H3/t13-/m0/s1. The molecule has 0 saturated heterocycles. The van der Waals surface area contributed by atoms with Crippen LogP contribution in [0.3, 0.4) is 0 Å². The molecule has 0 fully saturated rings. The topological polar surface area (TPSA) is 34.0 Å². The maximum absolute atomic E-state index is 4.39. The van der Waals surface area contributed by atoms with E-state index in [1.165, 1.54) is 5.69 Å². The Morgan fingerprint density at radius 3 is 2.89 bits per heavy atom. The van der Waals surface area contributed by atoms with E-state index < -0.39 is 0 Å². The van der Waals surface area contributed by atoms with Gasteiger partial charge in [0.25, 0.3) is 0 Å². The van der Waals surface area contributed by atoms with Crippen molar-refractivity contribution in [1.82, 2.24) is 19.4 Å². The number of nitrogens with zero attached hydrogens (tertiary/aromatic N) is 4. The number of rotatable bonds is 6. The molecule has 2 rings (SSSR count). The maximum Gasteiger partial charge on any atom is 0.0948 e. The molecular weight excluding hydrogens is 236 g/mol. The first-order valence-electron chi connectivity index (χ1n) is 6.80. The lowest BCUT2D eigenvalue weighted by Crippen LogP contribution is -2.31. The van der Waals surface area contributed by atoms with Crippen molar-refractivity contribution < 1.29 is 0 Å². The molecule has 19 heavy (non-hydrogen) atoms. The molecule has 0 saturated carbocycles. The summed E-state index contributed by atoms with van der Waals surface area (Å²) in [4.78, 5) is 10.9. The maximum atomic E-state index is 4.39. The van der Waals surface area contributed by atoms with E-state index in [4.69, 9.17) is 0 Å². The predicted octanol–water partition coefficient (Wildman–Crippen LogP) is 2.36. The minimum Gasteiger partial charge on any atom is -0.334 e. The summed E-state index contributed by atoms with van der Waals surface area (Å²) in [7, 11) is 2.15. The normalized spacial score (nSPS) is 12.8. The van der Waals surface area contributed by atoms with Gasteiger partial charge in [0.05, 0.1) is 12.0 Å². The molecule has 0 spiro atoms. The summed E-state index contributed by atoms with van der Waals surface area (Å²) in [5.74, 6) is 0. The summed E-state index contributed by atoms with van der Waals surface area (Å²) in [5, 5.41) is 0. The van der Waals surface area contributed by atoms with Gasteiger partial charge < -0.3 is 4.57 Å². The van der Waals surface area contributed by atoms with Gasteiger partial charge in [-0.3, -0.25) is 9.88 Å². The predicted molar refractivity (Wildman–Crippen MR) is 76.8 cm³/mol. The SMILES string of the molecule is CCn1cncc1CN(C)[C@@H](C)Cc1ccccn1. The smallest absolute Gasteiger partial charge is 0.0948 e. The van der Waals surface area contributed by atoms with Gasteiger partial charge in [-0.1, -0.05) is 6.07 Å². The van der Waals surface area contributed by atoms with Crippen molar-refractivity contribution in [3.05, 3.63) is 48.3 Å². The van der Waals surface area contributed by atoms with E-state index in [9.17, 15) is 0 Å². The molecule has 0 aliphatic rings. The van der Waals surface area contributed by atoms with Crippen molar-refractivity contribution in [2.24, 2.45) is 0 Å². The van der Waals surface area contributed by atoms with Crippen LogP contribution in [0.15, 0.2) is 36.9 Å². The van der Waals surface area contributed by atoms with Crippen LogP contribution in [0.1, 0.15) is 25.2 Å². The van der Waals surface area contributed by atoms with E-state index in [2.05, 4.69) is 46.4 Å². The molecule has 2 aromatic rings. The van der Waals surface area contributed by atoms with Crippen molar-refractivity contribution >= 4 is 0 Å². The Kier molecular flexibility index (Phi) is 4.68. The summed E-state index contributed by atoms with van der Waals surface area (Å²) in [5.41, 5.74) is 2.41. The van der Waals surface area contributed by atoms with E-state index in [1.54, 1.807) is 0 Å². The number of hydrogen-bond acceptors (Lipinski definition) is 3. The summed E-state index contributed by atoms with van der Waals surface area (Å²) >= 11 is 0. The van der Waals surface area contributed by atoms with E-state index in [0.29, 0.717) is 6.04 Å². The summed E-state index contributed by atoms with van der Waals surface area (Å²) in [6.07, 6.45) is 6.67. The van der Waals surface area contributed by atoms with Gasteiger partial charge in [-0.2, -0.15) is 0 Å². The van der Waals surface area contributed by atoms with Crippen molar-refractivity contribution in [2.45, 2.75) is 39.4 Å². The lowest BCUT2D eigenvalue weighted by molar-refractivity contribution is 0.241. The highest BCUT2D eigenvalue weighted by atomic mass is 15.2. The van der Waals surface area contributed by atoms with Gasteiger partial charge in [0, 0.05) is 43.6 Å². The minimum atomic E-state index is 0.454. The Balaban J connectivity index is 1.94. The largest absolute Gasteiger partial charge is 0.334 e. The molecule has 0 radical (unpaired) electrons. The molecule has 0 bridgehead atoms. The molecule has 2 aromatic heterocycles. The molecule has 1 atom stereocenters. The zero-order valence-corrected chi connectivity index (χ0v) is 12.0. The fraction of sp³-hybridized carbons (Fsp3) is 0.467. The fourth-order valence-electron chi connectivity index (χ4n) is 2.15. The first-order chi connectivity index (χ1) is 9.20. The fourth-order valence-corrected chi connectivity index (χ4v) is 2.15. The first kappa shape index (κ1) is 13.7. The Hall–Kier alpha value is -1.68. The lowest BCUT2D eigenvalue weighted by atomic mass is 10.1. The number of pyridine rings is 1. The van der Waals surface area contributed by atoms with E-state index >= 15 is 0 Å². The number of hydrogen-bond donors (Lipinski definition) is 0. The van der Waals surface area contributed by atoms with Gasteiger partial charge in [0.15, 0.2) is 0 Å². The van der Waals surface area contributed by atoms with Crippen LogP contribution < -0.4 is 0 Å². The van der Waals surface area contributed by atoms with Crippen LogP contribution in [0.25, 0.3) is 0 Å². The zero-order chi connectivity index (χ0) is 13.7. The average Bonchev–Trinajstić information content (AvgIpc) is 2.87.